The summed E-state index contributed by atoms with van der Waals surface area (Å²) in [5.74, 6) is 1.62. The molecule has 7 heterocycles. The fraction of sp³-hybridized carbons (Fsp3) is 0.189. The van der Waals surface area contributed by atoms with Gasteiger partial charge in [-0.05, 0) is 218 Å². The lowest BCUT2D eigenvalue weighted by molar-refractivity contribution is -0.670. The van der Waals surface area contributed by atoms with Crippen molar-refractivity contribution in [2.45, 2.75) is 103 Å². The zero-order valence-electron chi connectivity index (χ0n) is 80.3. The molecule has 0 radical (unpaired) electrons. The molecule has 0 atom stereocenters. The molecular formula is C111H116N21O12+. The van der Waals surface area contributed by atoms with Crippen LogP contribution in [0.25, 0.3) is 85.5 Å². The van der Waals surface area contributed by atoms with E-state index in [0.717, 1.165) is 202 Å². The number of hydrogen-bond acceptors (Lipinski definition) is 19. The number of fused-ring (bicyclic) bond motifs is 5. The van der Waals surface area contributed by atoms with Gasteiger partial charge in [-0.1, -0.05) is 182 Å². The smallest absolute Gasteiger partial charge is 0.267 e. The summed E-state index contributed by atoms with van der Waals surface area (Å²) in [5, 5.41) is 48.7. The van der Waals surface area contributed by atoms with Crippen LogP contribution in [0.5, 0.6) is 0 Å². The van der Waals surface area contributed by atoms with Crippen LogP contribution in [0.1, 0.15) is 114 Å². The first-order valence-electron chi connectivity index (χ1n) is 47.0. The van der Waals surface area contributed by atoms with Gasteiger partial charge in [0.15, 0.2) is 11.0 Å². The van der Waals surface area contributed by atoms with E-state index in [1.807, 2.05) is 169 Å². The molecule has 0 spiro atoms. The molecule has 17 rings (SSSR count). The van der Waals surface area contributed by atoms with Crippen LogP contribution in [-0.2, 0) is 127 Å². The van der Waals surface area contributed by atoms with Gasteiger partial charge in [0.2, 0.25) is 5.91 Å². The maximum absolute atomic E-state index is 12.1. The minimum Gasteiger partial charge on any atom is -0.349 e. The maximum Gasteiger partial charge on any atom is 0.267 e. The third-order valence-corrected chi connectivity index (χ3v) is 23.5. The van der Waals surface area contributed by atoms with Crippen LogP contribution in [-0.4, -0.2) is 151 Å². The van der Waals surface area contributed by atoms with Gasteiger partial charge in [-0.25, -0.2) is 61.9 Å². The van der Waals surface area contributed by atoms with Crippen molar-refractivity contribution in [1.29, 1.82) is 0 Å². The summed E-state index contributed by atoms with van der Waals surface area (Å²) in [6.45, 7) is 5.15. The molecule has 0 fully saturated rings. The molecule has 17 aromatic rings. The predicted molar refractivity (Wildman–Crippen MR) is 553 cm³/mol. The molecule has 33 heteroatoms. The minimum atomic E-state index is -0.606. The second kappa shape index (κ2) is 53.7. The lowest BCUT2D eigenvalue weighted by Crippen LogP contribution is -2.38. The Balaban J connectivity index is 0.000000151. The average Bonchev–Trinajstić information content (AvgIpc) is 1.70. The highest BCUT2D eigenvalue weighted by molar-refractivity contribution is 5.96. The van der Waals surface area contributed by atoms with Gasteiger partial charge >= 0.3 is 0 Å². The Hall–Kier alpha value is -17.3. The van der Waals surface area contributed by atoms with Crippen LogP contribution < -0.4 is 42.6 Å². The Bertz CT molecular complexity index is 7300. The summed E-state index contributed by atoms with van der Waals surface area (Å²) < 4.78 is 12.8. The first-order valence-corrected chi connectivity index (χ1v) is 47.0. The number of hydrogen-bond donors (Lipinski definition) is 13. The number of nitrogens with one attached hydrogen (secondary N) is 8. The van der Waals surface area contributed by atoms with Crippen molar-refractivity contribution in [2.75, 3.05) is 20.6 Å². The number of carbonyl (C=O) groups excluding carboxylic acids is 7. The van der Waals surface area contributed by atoms with Crippen LogP contribution in [0.15, 0.2) is 316 Å². The predicted octanol–water partition coefficient (Wildman–Crippen LogP) is 14.5. The van der Waals surface area contributed by atoms with E-state index in [1.165, 1.54) is 58.1 Å². The van der Waals surface area contributed by atoms with Gasteiger partial charge in [-0.15, -0.1) is 0 Å². The quantitative estimate of drug-likeness (QED) is 0.00565. The zero-order valence-corrected chi connectivity index (χ0v) is 80.3. The number of nitrogens with zero attached hydrogens (tertiary/aromatic N) is 13. The topological polar surface area (TPSA) is 430 Å². The summed E-state index contributed by atoms with van der Waals surface area (Å²) in [4.78, 5) is 113. The van der Waals surface area contributed by atoms with E-state index in [1.54, 1.807) is 83.0 Å². The number of rotatable bonds is 37. The molecule has 10 aromatic carbocycles. The maximum atomic E-state index is 12.1. The van der Waals surface area contributed by atoms with E-state index >= 15 is 0 Å². The molecule has 7 aromatic heterocycles. The van der Waals surface area contributed by atoms with Gasteiger partial charge in [0.1, 0.15) is 29.8 Å². The standard InChI is InChI=1S/C25H23N3O2.C24H25N5O2.C24H30N4O2.C20H20N4O3.C18H17N5O3/c29-25(27-30)16-13-20-11-14-22-23(17-20)28(18-21-9-5-2-6-10-21)24(26-22)15-12-19-7-3-1-4-8-19;30-24(27-31)12-9-20-7-10-22-21(17-20)26-23(11-8-19-5-2-1-3-6-19)29(22)15-4-14-28-16-13-25-18-28;1-27(2)16-6-7-17-28-22-13-10-20(12-15-24(29)26-30)18-21(22)25-23(28)14-11-19-8-4-3-5-9-19;1-24-17-9-7-15(8-10-19(25)23-27)11-16(17)22-18(24)13-21-20(26)12-14-5-3-2-4-6-14;1-23-15-4-2-12(3-5-17(24)22-26)10-14(15)21-16(23)11-20-18(25)13-6-8-19-9-7-13/h1-11,13-14,16-17H,12,15,18H2,(H2,27,29,30);1-3,5-7,9-10,12-13,16-18,31H,4,8,11,14-15H2,(H,27,30);3-5,8-10,12-13,15,18,30H,6-7,11,14,16-17H2,1-2H3,(H,26,29);2-11,27H,12-13H2,1H3,(H,21,26)(H,23,25);2-10,26H,11H2,1H3,(H,20,25)(H,22,24)/p+1/b16-13+;12-9+;15-12+;10-8+;5-3+. The molecule has 0 aliphatic rings. The van der Waals surface area contributed by atoms with E-state index in [2.05, 4.69) is 182 Å². The van der Waals surface area contributed by atoms with Crippen molar-refractivity contribution in [2.24, 2.45) is 14.1 Å². The number of imidazole rings is 6. The molecular weight excluding hydrogens is 1820 g/mol. The second-order valence-electron chi connectivity index (χ2n) is 34.0. The van der Waals surface area contributed by atoms with Crippen molar-refractivity contribution >= 4 is 127 Å². The molecule has 0 unspecified atom stereocenters. The van der Waals surface area contributed by atoms with Crippen LogP contribution in [0.3, 0.4) is 0 Å². The Morgan fingerprint density at radius 1 is 0.382 bits per heavy atom. The molecule has 0 bridgehead atoms. The molecule has 0 aliphatic heterocycles. The molecule has 7 amide bonds. The van der Waals surface area contributed by atoms with Gasteiger partial charge in [-0.2, -0.15) is 0 Å². The Kier molecular flexibility index (Phi) is 38.8. The Labute approximate surface area is 831 Å². The fourth-order valence-corrected chi connectivity index (χ4v) is 16.1. The molecule has 736 valence electrons. The summed E-state index contributed by atoms with van der Waals surface area (Å²) in [6.07, 6.45) is 32.3. The second-order valence-corrected chi connectivity index (χ2v) is 34.0. The summed E-state index contributed by atoms with van der Waals surface area (Å²) in [6, 6.07) is 83.8. The van der Waals surface area contributed by atoms with Crippen LogP contribution in [0.4, 0.5) is 0 Å². The van der Waals surface area contributed by atoms with Crippen molar-refractivity contribution in [3.05, 3.63) is 407 Å². The number of unbranched alkanes of at least 4 members (excludes halogenated alkanes) is 1. The molecule has 0 aliphatic carbocycles. The van der Waals surface area contributed by atoms with Crippen molar-refractivity contribution in [3.63, 3.8) is 0 Å². The number of amides is 7. The minimum absolute atomic E-state index is 0.0631. The number of aryl methyl sites for hydroxylation is 11. The monoisotopic (exact) mass is 1930 g/mol. The fourth-order valence-electron chi connectivity index (χ4n) is 16.1. The first-order chi connectivity index (χ1) is 70.2. The Morgan fingerprint density at radius 3 is 1.19 bits per heavy atom. The van der Waals surface area contributed by atoms with Gasteiger partial charge in [-0.3, -0.25) is 64.6 Å². The average molecular weight is 1940 g/mol. The molecule has 13 N–H and O–H groups in total. The third kappa shape index (κ3) is 31.1. The van der Waals surface area contributed by atoms with E-state index in [0.29, 0.717) is 24.4 Å². The summed E-state index contributed by atoms with van der Waals surface area (Å²) in [7, 11) is 7.97. The van der Waals surface area contributed by atoms with Crippen molar-refractivity contribution in [1.82, 2.24) is 101 Å². The first kappa shape index (κ1) is 104. The lowest BCUT2D eigenvalue weighted by atomic mass is 10.1. The van der Waals surface area contributed by atoms with Crippen molar-refractivity contribution < 1.29 is 64.2 Å². The normalized spacial score (nSPS) is 11.3. The van der Waals surface area contributed by atoms with Gasteiger partial charge in [0.25, 0.3) is 41.3 Å². The van der Waals surface area contributed by atoms with Crippen LogP contribution in [0.2, 0.25) is 0 Å². The van der Waals surface area contributed by atoms with Gasteiger partial charge < -0.3 is 38.4 Å². The highest BCUT2D eigenvalue weighted by atomic mass is 16.5. The summed E-state index contributed by atoms with van der Waals surface area (Å²) in [5.41, 5.74) is 28.2. The SMILES string of the molecule is CN(C)CCCCn1c(CCc2ccccc2)nc2cc(/C=C/C(=O)NO)ccc21.Cn1c(CNC(=O)Cc2ccccc2)nc2cc(/C=C/C(=O)NO)ccc21.Cn1c(CNC(=O)c2ccncc2)nc2cc(/C=C/C(=O)NO)ccc21.O=C(/C=C/c1ccc2[nH]c(CCc3ccccc3)[n+](Cc3ccccc3)c2c1)NO.O=C(/C=C/c1ccc2c(c1)nc(CCc1ccccc1)n2CCCn1ccnc1)NO. The van der Waals surface area contributed by atoms with Crippen LogP contribution in [0, 0.1) is 0 Å². The van der Waals surface area contributed by atoms with Gasteiger partial charge in [0, 0.05) is 107 Å². The third-order valence-electron chi connectivity index (χ3n) is 23.5. The number of carbonyl (C=O) groups is 7. The Morgan fingerprint density at radius 2 is 0.764 bits per heavy atom. The van der Waals surface area contributed by atoms with E-state index in [4.69, 9.17) is 36.0 Å². The number of aromatic nitrogens is 13. The number of aromatic amines is 1. The molecule has 0 saturated heterocycles. The highest BCUT2D eigenvalue weighted by Crippen LogP contribution is 2.27. The van der Waals surface area contributed by atoms with E-state index < -0.39 is 29.5 Å². The number of hydroxylamine groups is 5. The molecule has 33 nitrogen and oxygen atoms in total. The summed E-state index contributed by atoms with van der Waals surface area (Å²) >= 11 is 0. The number of benzene rings is 10. The van der Waals surface area contributed by atoms with E-state index in [9.17, 15) is 33.6 Å². The van der Waals surface area contributed by atoms with Gasteiger partial charge in [0.05, 0.1) is 76.4 Å². The highest BCUT2D eigenvalue weighted by Gasteiger charge is 2.22. The number of H-pyrrole nitrogens is 1. The van der Waals surface area contributed by atoms with E-state index in [-0.39, 0.29) is 18.4 Å². The number of pyridine rings is 1. The largest absolute Gasteiger partial charge is 0.349 e. The lowest BCUT2D eigenvalue weighted by Gasteiger charge is -2.12. The molecule has 144 heavy (non-hydrogen) atoms. The van der Waals surface area contributed by atoms with Crippen LogP contribution >= 0.6 is 0 Å². The molecule has 0 saturated carbocycles. The van der Waals surface area contributed by atoms with Crippen molar-refractivity contribution in [3.8, 4) is 0 Å². The zero-order chi connectivity index (χ0) is 101.